The maximum Gasteiger partial charge on any atom is 0.329 e. The van der Waals surface area contributed by atoms with Gasteiger partial charge in [-0.25, -0.2) is 4.79 Å². The van der Waals surface area contributed by atoms with Crippen LogP contribution in [-0.2, 0) is 14.4 Å². The SMILES string of the molecule is CCC(C)(NC(=O)C1CC(=O)N(c2ccccc2Cl)C1)C(=O)O. The summed E-state index contributed by atoms with van der Waals surface area (Å²) in [6.07, 6.45) is 0.291. The first kappa shape index (κ1) is 17.3. The zero-order valence-corrected chi connectivity index (χ0v) is 13.8. The molecule has 0 bridgehead atoms. The van der Waals surface area contributed by atoms with Crippen LogP contribution in [0, 0.1) is 5.92 Å². The number of nitrogens with zero attached hydrogens (tertiary/aromatic N) is 1. The maximum absolute atomic E-state index is 12.3. The summed E-state index contributed by atoms with van der Waals surface area (Å²) in [7, 11) is 0. The van der Waals surface area contributed by atoms with Crippen LogP contribution in [-0.4, -0.2) is 35.0 Å². The molecule has 23 heavy (non-hydrogen) atoms. The van der Waals surface area contributed by atoms with Gasteiger partial charge in [0.1, 0.15) is 5.54 Å². The van der Waals surface area contributed by atoms with Crippen LogP contribution < -0.4 is 10.2 Å². The number of carbonyl (C=O) groups excluding carboxylic acids is 2. The number of para-hydroxylation sites is 1. The molecule has 0 aliphatic carbocycles. The lowest BCUT2D eigenvalue weighted by molar-refractivity contribution is -0.147. The normalized spacial score (nSPS) is 20.2. The van der Waals surface area contributed by atoms with E-state index in [2.05, 4.69) is 5.32 Å². The van der Waals surface area contributed by atoms with E-state index in [1.54, 1.807) is 31.2 Å². The van der Waals surface area contributed by atoms with E-state index >= 15 is 0 Å². The van der Waals surface area contributed by atoms with Crippen LogP contribution >= 0.6 is 11.6 Å². The average molecular weight is 339 g/mol. The number of carboxylic acids is 1. The van der Waals surface area contributed by atoms with Gasteiger partial charge < -0.3 is 15.3 Å². The molecule has 1 saturated heterocycles. The molecule has 1 fully saturated rings. The van der Waals surface area contributed by atoms with Gasteiger partial charge in [0.2, 0.25) is 11.8 Å². The molecule has 2 atom stereocenters. The third-order valence-corrected chi connectivity index (χ3v) is 4.54. The molecule has 0 saturated carbocycles. The summed E-state index contributed by atoms with van der Waals surface area (Å²) < 4.78 is 0. The Morgan fingerprint density at radius 3 is 2.65 bits per heavy atom. The smallest absolute Gasteiger partial charge is 0.329 e. The molecule has 1 heterocycles. The molecule has 1 aliphatic heterocycles. The van der Waals surface area contributed by atoms with E-state index in [1.807, 2.05) is 0 Å². The van der Waals surface area contributed by atoms with Crippen LogP contribution in [0.1, 0.15) is 26.7 Å². The number of anilines is 1. The highest BCUT2D eigenvalue weighted by molar-refractivity contribution is 6.33. The molecule has 1 aromatic rings. The van der Waals surface area contributed by atoms with E-state index in [0.717, 1.165) is 0 Å². The summed E-state index contributed by atoms with van der Waals surface area (Å²) in [6.45, 7) is 3.33. The summed E-state index contributed by atoms with van der Waals surface area (Å²) in [4.78, 5) is 37.3. The van der Waals surface area contributed by atoms with Crippen LogP contribution in [0.5, 0.6) is 0 Å². The summed E-state index contributed by atoms with van der Waals surface area (Å²) in [5, 5.41) is 12.2. The number of aliphatic carboxylic acids is 1. The van der Waals surface area contributed by atoms with Gasteiger partial charge in [0.05, 0.1) is 16.6 Å². The molecule has 0 radical (unpaired) electrons. The monoisotopic (exact) mass is 338 g/mol. The topological polar surface area (TPSA) is 86.7 Å². The highest BCUT2D eigenvalue weighted by atomic mass is 35.5. The van der Waals surface area contributed by atoms with E-state index in [1.165, 1.54) is 11.8 Å². The van der Waals surface area contributed by atoms with Crippen molar-refractivity contribution in [2.24, 2.45) is 5.92 Å². The number of carboxylic acid groups (broad SMARTS) is 1. The second kappa shape index (κ2) is 6.58. The molecule has 0 spiro atoms. The predicted molar refractivity (Wildman–Crippen MR) is 86.4 cm³/mol. The Morgan fingerprint density at radius 1 is 1.43 bits per heavy atom. The summed E-state index contributed by atoms with van der Waals surface area (Å²) in [6, 6.07) is 6.92. The van der Waals surface area contributed by atoms with Crippen LogP contribution in [0.15, 0.2) is 24.3 Å². The van der Waals surface area contributed by atoms with Crippen molar-refractivity contribution in [2.75, 3.05) is 11.4 Å². The Bertz CT molecular complexity index is 649. The van der Waals surface area contributed by atoms with Gasteiger partial charge in [-0.3, -0.25) is 9.59 Å². The van der Waals surface area contributed by atoms with E-state index in [9.17, 15) is 19.5 Å². The quantitative estimate of drug-likeness (QED) is 0.860. The van der Waals surface area contributed by atoms with Gasteiger partial charge >= 0.3 is 5.97 Å². The Labute approximate surface area is 139 Å². The molecule has 1 aromatic carbocycles. The van der Waals surface area contributed by atoms with Gasteiger partial charge in [-0.05, 0) is 25.5 Å². The molecular weight excluding hydrogens is 320 g/mol. The lowest BCUT2D eigenvalue weighted by Gasteiger charge is -2.26. The van der Waals surface area contributed by atoms with Crippen LogP contribution in [0.4, 0.5) is 5.69 Å². The Hall–Kier alpha value is -2.08. The predicted octanol–water partition coefficient (Wildman–Crippen LogP) is 2.06. The first-order valence-corrected chi connectivity index (χ1v) is 7.76. The fourth-order valence-corrected chi connectivity index (χ4v) is 2.69. The molecule has 1 aliphatic rings. The van der Waals surface area contributed by atoms with Crippen molar-refractivity contribution in [1.82, 2.24) is 5.32 Å². The number of benzene rings is 1. The Morgan fingerprint density at radius 2 is 2.09 bits per heavy atom. The molecule has 2 unspecified atom stereocenters. The molecule has 2 amide bonds. The van der Waals surface area contributed by atoms with E-state index in [4.69, 9.17) is 11.6 Å². The Balaban J connectivity index is 2.12. The minimum atomic E-state index is -1.34. The van der Waals surface area contributed by atoms with Crippen molar-refractivity contribution in [3.05, 3.63) is 29.3 Å². The van der Waals surface area contributed by atoms with Gasteiger partial charge in [0.15, 0.2) is 0 Å². The summed E-state index contributed by atoms with van der Waals surface area (Å²) in [5.74, 6) is -2.32. The van der Waals surface area contributed by atoms with E-state index in [-0.39, 0.29) is 25.3 Å². The van der Waals surface area contributed by atoms with Crippen molar-refractivity contribution in [2.45, 2.75) is 32.2 Å². The molecule has 0 aromatic heterocycles. The zero-order chi connectivity index (χ0) is 17.2. The molecule has 2 rings (SSSR count). The number of nitrogens with one attached hydrogen (secondary N) is 1. The van der Waals surface area contributed by atoms with Crippen molar-refractivity contribution in [3.63, 3.8) is 0 Å². The van der Waals surface area contributed by atoms with Crippen molar-refractivity contribution in [3.8, 4) is 0 Å². The summed E-state index contributed by atoms with van der Waals surface area (Å²) in [5.41, 5.74) is -0.774. The number of amides is 2. The maximum atomic E-state index is 12.3. The number of hydrogen-bond donors (Lipinski definition) is 2. The molecule has 6 nitrogen and oxygen atoms in total. The molecule has 2 N–H and O–H groups in total. The lowest BCUT2D eigenvalue weighted by Crippen LogP contribution is -2.53. The molecular formula is C16H19ClN2O4. The standard InChI is InChI=1S/C16H19ClN2O4/c1-3-16(2,15(22)23)18-14(21)10-8-13(20)19(9-10)12-7-5-4-6-11(12)17/h4-7,10H,3,8-9H2,1-2H3,(H,18,21)(H,22,23). The molecule has 124 valence electrons. The minimum Gasteiger partial charge on any atom is -0.480 e. The highest BCUT2D eigenvalue weighted by Crippen LogP contribution is 2.31. The second-order valence-electron chi connectivity index (χ2n) is 5.84. The van der Waals surface area contributed by atoms with Gasteiger partial charge in [0.25, 0.3) is 0 Å². The van der Waals surface area contributed by atoms with Gasteiger partial charge in [-0.1, -0.05) is 30.7 Å². The van der Waals surface area contributed by atoms with Crippen molar-refractivity contribution < 1.29 is 19.5 Å². The van der Waals surface area contributed by atoms with E-state index < -0.39 is 23.3 Å². The number of rotatable bonds is 5. The van der Waals surface area contributed by atoms with E-state index in [0.29, 0.717) is 10.7 Å². The van der Waals surface area contributed by atoms with Crippen LogP contribution in [0.2, 0.25) is 5.02 Å². The number of carbonyl (C=O) groups is 3. The summed E-state index contributed by atoms with van der Waals surface area (Å²) >= 11 is 6.10. The van der Waals surface area contributed by atoms with Gasteiger partial charge in [0, 0.05) is 13.0 Å². The number of hydrogen-bond acceptors (Lipinski definition) is 3. The first-order chi connectivity index (χ1) is 10.8. The largest absolute Gasteiger partial charge is 0.480 e. The fraction of sp³-hybridized carbons (Fsp3) is 0.438. The number of halogens is 1. The second-order valence-corrected chi connectivity index (χ2v) is 6.24. The molecule has 7 heteroatoms. The zero-order valence-electron chi connectivity index (χ0n) is 13.0. The van der Waals surface area contributed by atoms with Gasteiger partial charge in [-0.2, -0.15) is 0 Å². The lowest BCUT2D eigenvalue weighted by atomic mass is 9.97. The highest BCUT2D eigenvalue weighted by Gasteiger charge is 2.40. The van der Waals surface area contributed by atoms with Crippen molar-refractivity contribution >= 4 is 35.1 Å². The van der Waals surface area contributed by atoms with Gasteiger partial charge in [-0.15, -0.1) is 0 Å². The van der Waals surface area contributed by atoms with Crippen molar-refractivity contribution in [1.29, 1.82) is 0 Å². The average Bonchev–Trinajstić information content (AvgIpc) is 2.89. The fourth-order valence-electron chi connectivity index (χ4n) is 2.45. The third kappa shape index (κ3) is 3.47. The third-order valence-electron chi connectivity index (χ3n) is 4.22. The van der Waals surface area contributed by atoms with Crippen LogP contribution in [0.25, 0.3) is 0 Å². The first-order valence-electron chi connectivity index (χ1n) is 7.39. The minimum absolute atomic E-state index is 0.0382. The van der Waals surface area contributed by atoms with Crippen LogP contribution in [0.3, 0.4) is 0 Å². The Kier molecular flexibility index (Phi) is 4.94.